The molecular weight excluding hydrogens is 260 g/mol. The molecule has 0 amide bonds. The van der Waals surface area contributed by atoms with Gasteiger partial charge in [0, 0.05) is 16.8 Å². The summed E-state index contributed by atoms with van der Waals surface area (Å²) in [6.45, 7) is 1.80. The number of carbonyl (C=O) groups is 1. The van der Waals surface area contributed by atoms with Crippen LogP contribution in [0.15, 0.2) is 42.6 Å². The van der Waals surface area contributed by atoms with Crippen LogP contribution in [-0.2, 0) is 0 Å². The SMILES string of the molecule is Cc1cc(Cl)ccc1C(=O)C(C#N)c1ccccn1. The van der Waals surface area contributed by atoms with E-state index in [0.29, 0.717) is 16.3 Å². The van der Waals surface area contributed by atoms with Gasteiger partial charge in [-0.25, -0.2) is 0 Å². The Kier molecular flexibility index (Phi) is 3.94. The van der Waals surface area contributed by atoms with Crippen LogP contribution < -0.4 is 0 Å². The van der Waals surface area contributed by atoms with Gasteiger partial charge in [-0.15, -0.1) is 0 Å². The maximum Gasteiger partial charge on any atom is 0.186 e. The van der Waals surface area contributed by atoms with E-state index in [-0.39, 0.29) is 5.78 Å². The van der Waals surface area contributed by atoms with Gasteiger partial charge in [0.2, 0.25) is 0 Å². The molecule has 1 atom stereocenters. The Balaban J connectivity index is 2.40. The number of Topliss-reactive ketones (excluding diaryl/α,β-unsaturated/α-hetero) is 1. The Hall–Kier alpha value is -2.18. The highest BCUT2D eigenvalue weighted by molar-refractivity contribution is 6.30. The van der Waals surface area contributed by atoms with Crippen molar-refractivity contribution in [2.24, 2.45) is 0 Å². The van der Waals surface area contributed by atoms with E-state index in [9.17, 15) is 10.1 Å². The van der Waals surface area contributed by atoms with Crippen LogP contribution in [0.25, 0.3) is 0 Å². The van der Waals surface area contributed by atoms with E-state index in [0.717, 1.165) is 5.56 Å². The predicted molar refractivity (Wildman–Crippen MR) is 73.1 cm³/mol. The minimum absolute atomic E-state index is 0.254. The van der Waals surface area contributed by atoms with Gasteiger partial charge in [0.15, 0.2) is 11.7 Å². The number of halogens is 1. The fraction of sp³-hybridized carbons (Fsp3) is 0.133. The summed E-state index contributed by atoms with van der Waals surface area (Å²) in [7, 11) is 0. The molecule has 0 radical (unpaired) electrons. The number of hydrogen-bond acceptors (Lipinski definition) is 3. The summed E-state index contributed by atoms with van der Waals surface area (Å²) in [5.41, 5.74) is 1.72. The smallest absolute Gasteiger partial charge is 0.186 e. The van der Waals surface area contributed by atoms with Crippen molar-refractivity contribution >= 4 is 17.4 Å². The summed E-state index contributed by atoms with van der Waals surface area (Å²) in [5.74, 6) is -1.14. The first-order valence-corrected chi connectivity index (χ1v) is 6.12. The summed E-state index contributed by atoms with van der Waals surface area (Å²) in [5, 5.41) is 9.79. The molecule has 1 aromatic heterocycles. The van der Waals surface area contributed by atoms with Gasteiger partial charge < -0.3 is 0 Å². The molecule has 2 rings (SSSR count). The monoisotopic (exact) mass is 270 g/mol. The van der Waals surface area contributed by atoms with Gasteiger partial charge in [-0.2, -0.15) is 5.26 Å². The van der Waals surface area contributed by atoms with E-state index >= 15 is 0 Å². The molecule has 0 N–H and O–H groups in total. The third-order valence-electron chi connectivity index (χ3n) is 2.83. The van der Waals surface area contributed by atoms with Crippen molar-refractivity contribution in [1.82, 2.24) is 4.98 Å². The standard InChI is InChI=1S/C15H11ClN2O/c1-10-8-11(16)5-6-12(10)15(19)13(9-17)14-4-2-3-7-18-14/h2-8,13H,1H3. The molecule has 1 heterocycles. The highest BCUT2D eigenvalue weighted by Crippen LogP contribution is 2.22. The molecule has 0 saturated heterocycles. The number of benzene rings is 1. The van der Waals surface area contributed by atoms with E-state index in [2.05, 4.69) is 4.98 Å². The lowest BCUT2D eigenvalue weighted by atomic mass is 9.93. The summed E-state index contributed by atoms with van der Waals surface area (Å²) in [4.78, 5) is 16.5. The minimum Gasteiger partial charge on any atom is -0.292 e. The topological polar surface area (TPSA) is 53.8 Å². The van der Waals surface area contributed by atoms with Gasteiger partial charge in [0.1, 0.15) is 0 Å². The van der Waals surface area contributed by atoms with Crippen molar-refractivity contribution in [2.75, 3.05) is 0 Å². The number of nitrogens with zero attached hydrogens (tertiary/aromatic N) is 2. The molecular formula is C15H11ClN2O. The van der Waals surface area contributed by atoms with Gasteiger partial charge in [0.05, 0.1) is 11.8 Å². The van der Waals surface area contributed by atoms with E-state index < -0.39 is 5.92 Å². The summed E-state index contributed by atoms with van der Waals surface area (Å²) >= 11 is 5.86. The molecule has 3 nitrogen and oxygen atoms in total. The number of aryl methyl sites for hydroxylation is 1. The van der Waals surface area contributed by atoms with Crippen LogP contribution in [0, 0.1) is 18.3 Å². The van der Waals surface area contributed by atoms with Crippen LogP contribution in [0.2, 0.25) is 5.02 Å². The van der Waals surface area contributed by atoms with Crippen LogP contribution in [-0.4, -0.2) is 10.8 Å². The summed E-state index contributed by atoms with van der Waals surface area (Å²) < 4.78 is 0. The van der Waals surface area contributed by atoms with Gasteiger partial charge in [0.25, 0.3) is 0 Å². The quantitative estimate of drug-likeness (QED) is 0.802. The van der Waals surface area contributed by atoms with E-state index in [1.807, 2.05) is 6.07 Å². The zero-order chi connectivity index (χ0) is 13.8. The highest BCUT2D eigenvalue weighted by atomic mass is 35.5. The zero-order valence-electron chi connectivity index (χ0n) is 10.3. The van der Waals surface area contributed by atoms with Crippen molar-refractivity contribution in [2.45, 2.75) is 12.8 Å². The number of carbonyl (C=O) groups excluding carboxylic acids is 1. The predicted octanol–water partition coefficient (Wildman–Crippen LogP) is 3.53. The summed E-state index contributed by atoms with van der Waals surface area (Å²) in [6, 6.07) is 12.2. The number of pyridine rings is 1. The number of aromatic nitrogens is 1. The number of ketones is 1. The largest absolute Gasteiger partial charge is 0.292 e. The first-order chi connectivity index (χ1) is 9.13. The van der Waals surface area contributed by atoms with Gasteiger partial charge in [-0.05, 0) is 42.8 Å². The Morgan fingerprint density at radius 3 is 2.74 bits per heavy atom. The molecule has 0 bridgehead atoms. The molecule has 0 aliphatic carbocycles. The Bertz CT molecular complexity index is 647. The first kappa shape index (κ1) is 13.3. The fourth-order valence-electron chi connectivity index (χ4n) is 1.86. The third-order valence-corrected chi connectivity index (χ3v) is 3.06. The minimum atomic E-state index is -0.888. The number of rotatable bonds is 3. The molecule has 1 unspecified atom stereocenters. The van der Waals surface area contributed by atoms with Crippen molar-refractivity contribution < 1.29 is 4.79 Å². The van der Waals surface area contributed by atoms with Crippen molar-refractivity contribution in [3.05, 3.63) is 64.4 Å². The molecule has 0 saturated carbocycles. The molecule has 0 spiro atoms. The van der Waals surface area contributed by atoms with Crippen LogP contribution >= 0.6 is 11.6 Å². The molecule has 4 heteroatoms. The van der Waals surface area contributed by atoms with Crippen molar-refractivity contribution in [1.29, 1.82) is 5.26 Å². The molecule has 0 aliphatic heterocycles. The zero-order valence-corrected chi connectivity index (χ0v) is 11.1. The van der Waals surface area contributed by atoms with Crippen LogP contribution in [0.1, 0.15) is 27.5 Å². The molecule has 19 heavy (non-hydrogen) atoms. The first-order valence-electron chi connectivity index (χ1n) is 5.74. The molecule has 94 valence electrons. The maximum absolute atomic E-state index is 12.4. The van der Waals surface area contributed by atoms with Gasteiger partial charge >= 0.3 is 0 Å². The fourth-order valence-corrected chi connectivity index (χ4v) is 2.09. The Morgan fingerprint density at radius 1 is 1.37 bits per heavy atom. The average Bonchev–Trinajstić information content (AvgIpc) is 2.40. The average molecular weight is 271 g/mol. The van der Waals surface area contributed by atoms with E-state index in [4.69, 9.17) is 11.6 Å². The lowest BCUT2D eigenvalue weighted by molar-refractivity contribution is 0.0977. The van der Waals surface area contributed by atoms with Gasteiger partial charge in [-0.3, -0.25) is 9.78 Å². The third kappa shape index (κ3) is 2.81. The molecule has 0 fully saturated rings. The van der Waals surface area contributed by atoms with Gasteiger partial charge in [-0.1, -0.05) is 17.7 Å². The lowest BCUT2D eigenvalue weighted by Crippen LogP contribution is -2.13. The second kappa shape index (κ2) is 5.64. The normalized spacial score (nSPS) is 11.6. The second-order valence-electron chi connectivity index (χ2n) is 4.14. The Morgan fingerprint density at radius 2 is 2.16 bits per heavy atom. The lowest BCUT2D eigenvalue weighted by Gasteiger charge is -2.10. The maximum atomic E-state index is 12.4. The highest BCUT2D eigenvalue weighted by Gasteiger charge is 2.24. The van der Waals surface area contributed by atoms with Crippen LogP contribution in [0.3, 0.4) is 0 Å². The van der Waals surface area contributed by atoms with E-state index in [1.54, 1.807) is 49.5 Å². The van der Waals surface area contributed by atoms with Crippen molar-refractivity contribution in [3.8, 4) is 6.07 Å². The molecule has 0 aliphatic rings. The van der Waals surface area contributed by atoms with E-state index in [1.165, 1.54) is 0 Å². The molecule has 1 aromatic carbocycles. The Labute approximate surface area is 116 Å². The summed E-state index contributed by atoms with van der Waals surface area (Å²) in [6.07, 6.45) is 1.57. The number of hydrogen-bond donors (Lipinski definition) is 0. The van der Waals surface area contributed by atoms with Crippen LogP contribution in [0.5, 0.6) is 0 Å². The van der Waals surface area contributed by atoms with Crippen molar-refractivity contribution in [3.63, 3.8) is 0 Å². The second-order valence-corrected chi connectivity index (χ2v) is 4.58. The number of nitriles is 1. The molecule has 2 aromatic rings. The van der Waals surface area contributed by atoms with Crippen LogP contribution in [0.4, 0.5) is 0 Å².